The molecular weight excluding hydrogens is 486 g/mol. The highest BCUT2D eigenvalue weighted by Crippen LogP contribution is 2.23. The van der Waals surface area contributed by atoms with Gasteiger partial charge in [-0.25, -0.2) is 4.98 Å². The minimum atomic E-state index is -0.103. The van der Waals surface area contributed by atoms with Gasteiger partial charge in [0, 0.05) is 43.8 Å². The molecule has 2 aromatic heterocycles. The number of benzene rings is 2. The summed E-state index contributed by atoms with van der Waals surface area (Å²) in [6, 6.07) is 22.9. The third-order valence-electron chi connectivity index (χ3n) is 6.05. The lowest BCUT2D eigenvalue weighted by molar-refractivity contribution is -0.191. The van der Waals surface area contributed by atoms with E-state index in [4.69, 9.17) is 14.0 Å². The molecule has 0 radical (unpaired) electrons. The van der Waals surface area contributed by atoms with Crippen LogP contribution in [0.3, 0.4) is 0 Å². The first-order chi connectivity index (χ1) is 18.2. The molecule has 188 valence electrons. The van der Waals surface area contributed by atoms with E-state index in [9.17, 15) is 4.79 Å². The number of thioether (sulfide) groups is 1. The molecule has 1 fully saturated rings. The fourth-order valence-electron chi connectivity index (χ4n) is 4.08. The molecule has 7 nitrogen and oxygen atoms in total. The van der Waals surface area contributed by atoms with Crippen LogP contribution < -0.4 is 0 Å². The summed E-state index contributed by atoms with van der Waals surface area (Å²) in [7, 11) is 0. The maximum Gasteiger partial charge on any atom is 0.373 e. The number of hydrogen-bond donors (Lipinski definition) is 0. The molecule has 0 saturated carbocycles. The predicted molar refractivity (Wildman–Crippen MR) is 142 cm³/mol. The van der Waals surface area contributed by atoms with Gasteiger partial charge in [0.15, 0.2) is 5.76 Å². The zero-order chi connectivity index (χ0) is 25.9. The van der Waals surface area contributed by atoms with Gasteiger partial charge in [0.2, 0.25) is 5.78 Å². The maximum atomic E-state index is 12.5. The van der Waals surface area contributed by atoms with Gasteiger partial charge in [0.25, 0.3) is 5.89 Å². The number of Topliss-reactive ketones (excluding diaryl/α,β-unsaturated/α-hetero) is 1. The molecule has 0 N–H and O–H groups in total. The van der Waals surface area contributed by atoms with E-state index in [0.29, 0.717) is 24.3 Å². The van der Waals surface area contributed by atoms with Crippen LogP contribution >= 0.6 is 11.8 Å². The molecule has 0 spiro atoms. The molecule has 2 aromatic carbocycles. The number of rotatable bonds is 8. The van der Waals surface area contributed by atoms with Crippen molar-refractivity contribution in [3.63, 3.8) is 0 Å². The molecule has 0 bridgehead atoms. The molecule has 3 heterocycles. The van der Waals surface area contributed by atoms with Gasteiger partial charge in [-0.05, 0) is 40.8 Å². The van der Waals surface area contributed by atoms with Gasteiger partial charge < -0.3 is 4.42 Å². The Morgan fingerprint density at radius 1 is 0.892 bits per heavy atom. The molecule has 1 aliphatic rings. The van der Waals surface area contributed by atoms with Gasteiger partial charge in [-0.15, -0.1) is 0 Å². The number of aryl methyl sites for hydroxylation is 1. The Kier molecular flexibility index (Phi) is 9.54. The topological polar surface area (TPSA) is 93.4 Å². The van der Waals surface area contributed by atoms with Crippen LogP contribution in [0, 0.1) is 0 Å². The van der Waals surface area contributed by atoms with Gasteiger partial charge in [0.1, 0.15) is 5.69 Å². The standard InChI is InChI=1S/C28H27N3O2S.CO2/c32-26(28-30-19-27(33-28)25-3-1-2-14-29-25)13-8-21-4-9-23(10-5-21)24-11-6-22(7-12-24)20-31-15-17-34-18-16-31;2-1-3/h1-7,9-12,14,19H,8,13,15-18,20H2;. The Hall–Kier alpha value is -3.84. The van der Waals surface area contributed by atoms with Crippen LogP contribution in [0.5, 0.6) is 0 Å². The van der Waals surface area contributed by atoms with Crippen molar-refractivity contribution in [3.8, 4) is 22.6 Å². The van der Waals surface area contributed by atoms with Crippen molar-refractivity contribution in [3.05, 3.63) is 96.1 Å². The molecule has 0 amide bonds. The van der Waals surface area contributed by atoms with Gasteiger partial charge >= 0.3 is 6.15 Å². The number of ketones is 1. The summed E-state index contributed by atoms with van der Waals surface area (Å²) in [6.45, 7) is 3.39. The summed E-state index contributed by atoms with van der Waals surface area (Å²) in [5.74, 6) is 3.02. The van der Waals surface area contributed by atoms with E-state index in [1.165, 1.54) is 41.3 Å². The monoisotopic (exact) mass is 513 g/mol. The van der Waals surface area contributed by atoms with Gasteiger partial charge in [-0.3, -0.25) is 14.7 Å². The molecular formula is C29H27N3O4S. The van der Waals surface area contributed by atoms with Crippen LogP contribution in [0.2, 0.25) is 0 Å². The zero-order valence-electron chi connectivity index (χ0n) is 20.3. The van der Waals surface area contributed by atoms with E-state index in [1.54, 1.807) is 12.4 Å². The summed E-state index contributed by atoms with van der Waals surface area (Å²) in [6.07, 6.45) is 4.49. The largest absolute Gasteiger partial charge is 0.432 e. The molecule has 0 unspecified atom stereocenters. The van der Waals surface area contributed by atoms with Gasteiger partial charge in [-0.1, -0.05) is 54.6 Å². The van der Waals surface area contributed by atoms with E-state index in [0.717, 1.165) is 12.1 Å². The molecule has 0 atom stereocenters. The number of pyridine rings is 1. The normalized spacial score (nSPS) is 13.3. The lowest BCUT2D eigenvalue weighted by Crippen LogP contribution is -2.31. The number of carbonyl (C=O) groups is 1. The van der Waals surface area contributed by atoms with Crippen molar-refractivity contribution in [1.29, 1.82) is 0 Å². The minimum Gasteiger partial charge on any atom is -0.432 e. The summed E-state index contributed by atoms with van der Waals surface area (Å²) in [5, 5.41) is 0. The molecule has 1 aliphatic heterocycles. The highest BCUT2D eigenvalue weighted by atomic mass is 32.2. The second-order valence-corrected chi connectivity index (χ2v) is 9.76. The lowest BCUT2D eigenvalue weighted by atomic mass is 10.0. The first-order valence-corrected chi connectivity index (χ1v) is 13.2. The Morgan fingerprint density at radius 3 is 2.16 bits per heavy atom. The van der Waals surface area contributed by atoms with Crippen molar-refractivity contribution in [2.24, 2.45) is 0 Å². The quantitative estimate of drug-likeness (QED) is 0.297. The molecule has 1 saturated heterocycles. The van der Waals surface area contributed by atoms with E-state index in [-0.39, 0.29) is 17.8 Å². The number of carbonyl (C=O) groups excluding carboxylic acids is 3. The van der Waals surface area contributed by atoms with E-state index >= 15 is 0 Å². The highest BCUT2D eigenvalue weighted by molar-refractivity contribution is 7.99. The average Bonchev–Trinajstić information content (AvgIpc) is 3.45. The summed E-state index contributed by atoms with van der Waals surface area (Å²) < 4.78 is 5.63. The zero-order valence-corrected chi connectivity index (χ0v) is 21.2. The lowest BCUT2D eigenvalue weighted by Gasteiger charge is -2.26. The summed E-state index contributed by atoms with van der Waals surface area (Å²) in [5.41, 5.74) is 5.55. The summed E-state index contributed by atoms with van der Waals surface area (Å²) >= 11 is 2.04. The molecule has 4 aromatic rings. The highest BCUT2D eigenvalue weighted by Gasteiger charge is 2.15. The van der Waals surface area contributed by atoms with Crippen molar-refractivity contribution < 1.29 is 18.8 Å². The summed E-state index contributed by atoms with van der Waals surface area (Å²) in [4.78, 5) is 39.7. The third-order valence-corrected chi connectivity index (χ3v) is 7.00. The van der Waals surface area contributed by atoms with E-state index in [1.807, 2.05) is 30.0 Å². The van der Waals surface area contributed by atoms with Crippen LogP contribution in [0.15, 0.2) is 83.5 Å². The second-order valence-electron chi connectivity index (χ2n) is 8.53. The predicted octanol–water partition coefficient (Wildman–Crippen LogP) is 5.18. The second kappa shape index (κ2) is 13.5. The fourth-order valence-corrected chi connectivity index (χ4v) is 5.06. The van der Waals surface area contributed by atoms with Crippen LogP contribution in [-0.2, 0) is 22.6 Å². The fraction of sp³-hybridized carbons (Fsp3) is 0.241. The molecule has 5 rings (SSSR count). The van der Waals surface area contributed by atoms with Crippen molar-refractivity contribution in [2.45, 2.75) is 19.4 Å². The van der Waals surface area contributed by atoms with E-state index < -0.39 is 0 Å². The van der Waals surface area contributed by atoms with Gasteiger partial charge in [0.05, 0.1) is 6.20 Å². The third kappa shape index (κ3) is 7.57. The molecule has 0 aliphatic carbocycles. The Balaban J connectivity index is 0.00000102. The van der Waals surface area contributed by atoms with Crippen molar-refractivity contribution in [2.75, 3.05) is 24.6 Å². The van der Waals surface area contributed by atoms with E-state index in [2.05, 4.69) is 63.4 Å². The number of nitrogens with zero attached hydrogens (tertiary/aromatic N) is 3. The Bertz CT molecular complexity index is 1310. The molecule has 8 heteroatoms. The first kappa shape index (κ1) is 26.2. The Morgan fingerprint density at radius 2 is 1.54 bits per heavy atom. The smallest absolute Gasteiger partial charge is 0.373 e. The van der Waals surface area contributed by atoms with Crippen molar-refractivity contribution >= 4 is 23.7 Å². The van der Waals surface area contributed by atoms with Crippen LogP contribution in [0.4, 0.5) is 0 Å². The Labute approximate surface area is 219 Å². The van der Waals surface area contributed by atoms with Crippen molar-refractivity contribution in [1.82, 2.24) is 14.9 Å². The average molecular weight is 514 g/mol. The minimum absolute atomic E-state index is 0.103. The van der Waals surface area contributed by atoms with Crippen LogP contribution in [-0.4, -0.2) is 51.4 Å². The van der Waals surface area contributed by atoms with Crippen LogP contribution in [0.25, 0.3) is 22.6 Å². The number of hydrogen-bond acceptors (Lipinski definition) is 8. The number of aromatic nitrogens is 2. The molecule has 37 heavy (non-hydrogen) atoms. The van der Waals surface area contributed by atoms with Gasteiger partial charge in [-0.2, -0.15) is 21.4 Å². The van der Waals surface area contributed by atoms with Crippen LogP contribution in [0.1, 0.15) is 28.2 Å². The first-order valence-electron chi connectivity index (χ1n) is 12.0. The SMILES string of the molecule is O=C(CCc1ccc(-c2ccc(CN3CCSCC3)cc2)cc1)c1ncc(-c2ccccn2)o1.O=C=O. The maximum absolute atomic E-state index is 12.5. The number of oxazole rings is 1.